The lowest BCUT2D eigenvalue weighted by Gasteiger charge is -2.34. The van der Waals surface area contributed by atoms with E-state index in [0.29, 0.717) is 0 Å². The van der Waals surface area contributed by atoms with Crippen LogP contribution in [0.1, 0.15) is 47.2 Å². The van der Waals surface area contributed by atoms with Gasteiger partial charge in [-0.3, -0.25) is 14.1 Å². The number of nitriles is 1. The summed E-state index contributed by atoms with van der Waals surface area (Å²) >= 11 is 0. The Morgan fingerprint density at radius 3 is 2.43 bits per heavy atom. The Morgan fingerprint density at radius 2 is 1.83 bits per heavy atom. The molecule has 6 N–H and O–H groups in total. The SMILES string of the molecule is CC(C)OC(=O)[C@H](C)NP(=O)(OC[C@H]1O[C@@](C#N)(c2ccc3c(N)nc(N)nn23)[C@](C)(O)[C@@H]1OC(=O)C(C)C)Oc1ccccc1. The van der Waals surface area contributed by atoms with Crippen LogP contribution in [-0.2, 0) is 38.5 Å². The van der Waals surface area contributed by atoms with E-state index >= 15 is 0 Å². The molecule has 3 aromatic rings. The van der Waals surface area contributed by atoms with Crippen molar-refractivity contribution < 1.29 is 42.5 Å². The molecule has 2 aromatic heterocycles. The molecule has 0 bridgehead atoms. The topological polar surface area (TPSA) is 236 Å². The molecule has 1 saturated heterocycles. The number of nitrogens with two attached hydrogens (primary N) is 2. The quantitative estimate of drug-likeness (QED) is 0.161. The highest BCUT2D eigenvalue weighted by atomic mass is 31.2. The summed E-state index contributed by atoms with van der Waals surface area (Å²) in [4.78, 5) is 29.4. The molecule has 1 aromatic carbocycles. The predicted octanol–water partition coefficient (Wildman–Crippen LogP) is 2.46. The van der Waals surface area contributed by atoms with Crippen LogP contribution >= 0.6 is 7.75 Å². The number of para-hydroxylation sites is 1. The minimum atomic E-state index is -4.43. The van der Waals surface area contributed by atoms with Crippen molar-refractivity contribution in [1.82, 2.24) is 19.7 Å². The second kappa shape index (κ2) is 13.2. The number of nitrogen functional groups attached to an aromatic ring is 2. The summed E-state index contributed by atoms with van der Waals surface area (Å²) in [6.45, 7) is 8.51. The summed E-state index contributed by atoms with van der Waals surface area (Å²) in [5.74, 6) is -2.13. The molecule has 3 heterocycles. The predicted molar refractivity (Wildman–Crippen MR) is 164 cm³/mol. The standard InChI is InChI=1S/C29H38N7O9P/c1-16(2)25(37)43-23-21(14-41-46(40,45-19-10-8-7-9-11-19)35-18(5)26(38)42-17(3)4)44-29(15-30,28(23,6)39)22-13-12-20-24(31)33-27(32)34-36(20)22/h7-13,16-18,21,23,39H,14H2,1-6H3,(H,35,40)(H4,31,32,33,34)/t18-,21+,23+,28+,29-,46?/m0/s1. The minimum absolute atomic E-state index is 0.00216. The molecule has 1 fully saturated rings. The van der Waals surface area contributed by atoms with Gasteiger partial charge in [-0.25, -0.2) is 9.08 Å². The molecule has 16 nitrogen and oxygen atoms in total. The molecular weight excluding hydrogens is 621 g/mol. The maximum atomic E-state index is 14.1. The lowest BCUT2D eigenvalue weighted by molar-refractivity contribution is -0.168. The molecule has 0 amide bonds. The van der Waals surface area contributed by atoms with Gasteiger partial charge in [0.25, 0.3) is 0 Å². The summed E-state index contributed by atoms with van der Waals surface area (Å²) in [7, 11) is -4.43. The van der Waals surface area contributed by atoms with Gasteiger partial charge in [0.1, 0.15) is 35.1 Å². The van der Waals surface area contributed by atoms with Gasteiger partial charge in [-0.05, 0) is 52.0 Å². The third-order valence-corrected chi connectivity index (χ3v) is 8.80. The van der Waals surface area contributed by atoms with Crippen LogP contribution in [0.5, 0.6) is 5.75 Å². The second-order valence-electron chi connectivity index (χ2n) is 11.5. The Kier molecular flexibility index (Phi) is 9.95. The number of aliphatic hydroxyl groups is 1. The van der Waals surface area contributed by atoms with E-state index in [1.54, 1.807) is 45.9 Å². The highest BCUT2D eigenvalue weighted by Gasteiger charge is 2.67. The van der Waals surface area contributed by atoms with Crippen LogP contribution in [0.25, 0.3) is 5.52 Å². The van der Waals surface area contributed by atoms with E-state index in [1.165, 1.54) is 42.6 Å². The lowest BCUT2D eigenvalue weighted by atomic mass is 9.80. The number of benzene rings is 1. The smallest absolute Gasteiger partial charge is 0.459 e. The first kappa shape index (κ1) is 34.6. The van der Waals surface area contributed by atoms with Gasteiger partial charge in [0.2, 0.25) is 11.5 Å². The molecule has 17 heteroatoms. The summed E-state index contributed by atoms with van der Waals surface area (Å²) in [6, 6.07) is 11.8. The molecule has 248 valence electrons. The molecular formula is C29H38N7O9P. The van der Waals surface area contributed by atoms with Crippen molar-refractivity contribution in [1.29, 1.82) is 5.26 Å². The van der Waals surface area contributed by atoms with Gasteiger partial charge in [-0.15, -0.1) is 5.10 Å². The first-order valence-corrected chi connectivity index (χ1v) is 16.0. The van der Waals surface area contributed by atoms with E-state index in [2.05, 4.69) is 15.2 Å². The summed E-state index contributed by atoms with van der Waals surface area (Å²) in [5, 5.41) is 29.3. The zero-order chi connectivity index (χ0) is 34.0. The number of hydrogen-bond acceptors (Lipinski definition) is 14. The number of carbonyl (C=O) groups is 2. The maximum Gasteiger partial charge on any atom is 0.459 e. The first-order chi connectivity index (χ1) is 21.5. The molecule has 46 heavy (non-hydrogen) atoms. The fourth-order valence-electron chi connectivity index (χ4n) is 4.87. The Labute approximate surface area is 265 Å². The van der Waals surface area contributed by atoms with Crippen LogP contribution in [-0.4, -0.2) is 68.2 Å². The fraction of sp³-hybridized carbons (Fsp3) is 0.483. The van der Waals surface area contributed by atoms with Gasteiger partial charge in [0, 0.05) is 0 Å². The lowest BCUT2D eigenvalue weighted by Crippen LogP contribution is -2.54. The zero-order valence-electron chi connectivity index (χ0n) is 26.2. The number of nitrogens with one attached hydrogen (secondary N) is 1. The summed E-state index contributed by atoms with van der Waals surface area (Å²) < 4.78 is 44.0. The zero-order valence-corrected chi connectivity index (χ0v) is 27.1. The molecule has 1 aliphatic rings. The van der Waals surface area contributed by atoms with Crippen molar-refractivity contribution in [3.63, 3.8) is 0 Å². The van der Waals surface area contributed by atoms with Crippen LogP contribution in [0.2, 0.25) is 0 Å². The number of hydrogen-bond donors (Lipinski definition) is 4. The van der Waals surface area contributed by atoms with E-state index < -0.39 is 67.8 Å². The Balaban J connectivity index is 1.74. The van der Waals surface area contributed by atoms with Crippen molar-refractivity contribution in [2.75, 3.05) is 18.1 Å². The minimum Gasteiger partial charge on any atom is -0.462 e. The average Bonchev–Trinajstić information content (AvgIpc) is 3.49. The number of esters is 2. The van der Waals surface area contributed by atoms with Crippen molar-refractivity contribution in [3.05, 3.63) is 48.2 Å². The second-order valence-corrected chi connectivity index (χ2v) is 13.2. The maximum absolute atomic E-state index is 14.1. The van der Waals surface area contributed by atoms with E-state index in [4.69, 9.17) is 34.7 Å². The number of ether oxygens (including phenoxy) is 3. The summed E-state index contributed by atoms with van der Waals surface area (Å²) in [6.07, 6.45) is -3.40. The van der Waals surface area contributed by atoms with Crippen LogP contribution in [0.4, 0.5) is 11.8 Å². The largest absolute Gasteiger partial charge is 0.462 e. The Hall–Kier alpha value is -4.26. The van der Waals surface area contributed by atoms with Crippen LogP contribution in [0.15, 0.2) is 42.5 Å². The van der Waals surface area contributed by atoms with E-state index in [-0.39, 0.29) is 28.7 Å². The molecule has 6 atom stereocenters. The number of carbonyl (C=O) groups excluding carboxylic acids is 2. The third kappa shape index (κ3) is 6.79. The Bertz CT molecular complexity index is 1670. The molecule has 1 unspecified atom stereocenters. The van der Waals surface area contributed by atoms with Gasteiger partial charge in [0.05, 0.1) is 24.3 Å². The van der Waals surface area contributed by atoms with Crippen molar-refractivity contribution in [3.8, 4) is 11.8 Å². The molecule has 0 saturated carbocycles. The monoisotopic (exact) mass is 659 g/mol. The van der Waals surface area contributed by atoms with E-state index in [1.807, 2.05) is 6.07 Å². The van der Waals surface area contributed by atoms with Crippen LogP contribution < -0.4 is 21.1 Å². The van der Waals surface area contributed by atoms with Gasteiger partial charge in [-0.2, -0.15) is 15.3 Å². The third-order valence-electron chi connectivity index (χ3n) is 7.16. The van der Waals surface area contributed by atoms with Crippen molar-refractivity contribution in [2.45, 2.75) is 77.1 Å². The number of anilines is 2. The van der Waals surface area contributed by atoms with Crippen LogP contribution in [0.3, 0.4) is 0 Å². The normalized spacial score (nSPS) is 24.8. The molecule has 0 spiro atoms. The highest BCUT2D eigenvalue weighted by Crippen LogP contribution is 2.51. The number of fused-ring (bicyclic) bond motifs is 1. The van der Waals surface area contributed by atoms with Crippen LogP contribution in [0, 0.1) is 17.2 Å². The van der Waals surface area contributed by atoms with Gasteiger partial charge in [0.15, 0.2) is 11.9 Å². The molecule has 0 aliphatic carbocycles. The van der Waals surface area contributed by atoms with Crippen molar-refractivity contribution >= 4 is 37.0 Å². The highest BCUT2D eigenvalue weighted by molar-refractivity contribution is 7.52. The number of rotatable bonds is 12. The summed E-state index contributed by atoms with van der Waals surface area (Å²) in [5.41, 5.74) is 7.58. The molecule has 0 radical (unpaired) electrons. The number of nitrogens with zero attached hydrogens (tertiary/aromatic N) is 4. The fourth-order valence-corrected chi connectivity index (χ4v) is 6.37. The van der Waals surface area contributed by atoms with E-state index in [9.17, 15) is 24.5 Å². The van der Waals surface area contributed by atoms with Gasteiger partial charge in [-0.1, -0.05) is 32.0 Å². The Morgan fingerprint density at radius 1 is 1.15 bits per heavy atom. The van der Waals surface area contributed by atoms with Gasteiger partial charge >= 0.3 is 19.7 Å². The van der Waals surface area contributed by atoms with Crippen molar-refractivity contribution in [2.24, 2.45) is 5.92 Å². The van der Waals surface area contributed by atoms with Gasteiger partial charge < -0.3 is 35.3 Å². The van der Waals surface area contributed by atoms with E-state index in [0.717, 1.165) is 0 Å². The molecule has 4 rings (SSSR count). The molecule has 1 aliphatic heterocycles. The number of aromatic nitrogens is 3. The first-order valence-electron chi connectivity index (χ1n) is 14.4. The average molecular weight is 660 g/mol.